The molecule has 1 heteroatoms. The molecule has 2 atom stereocenters. The van der Waals surface area contributed by atoms with Crippen LogP contribution in [-0.4, -0.2) is 6.61 Å². The molecular weight excluding hydrogens is 232 g/mol. The van der Waals surface area contributed by atoms with Gasteiger partial charge in [-0.1, -0.05) is 52.4 Å². The topological polar surface area (TPSA) is 9.23 Å². The first-order chi connectivity index (χ1) is 9.33. The Balaban J connectivity index is 2.18. The minimum Gasteiger partial charge on any atom is -0.498 e. The Morgan fingerprint density at radius 1 is 1.00 bits per heavy atom. The van der Waals surface area contributed by atoms with Crippen LogP contribution in [0.5, 0.6) is 0 Å². The molecule has 0 spiro atoms. The second kappa shape index (κ2) is 7.97. The van der Waals surface area contributed by atoms with Gasteiger partial charge in [0.15, 0.2) is 0 Å². The van der Waals surface area contributed by atoms with Crippen LogP contribution in [0.4, 0.5) is 0 Å². The standard InChI is InChI=1S/C18H32O/c1-3-10-16-12-8-6-4-5-7-11-15(2)18-17(16)13-9-14-19-18/h15-16H,3-14H2,1-2H3. The van der Waals surface area contributed by atoms with E-state index in [-0.39, 0.29) is 0 Å². The molecule has 0 aromatic heterocycles. The van der Waals surface area contributed by atoms with E-state index in [0.717, 1.165) is 12.5 Å². The van der Waals surface area contributed by atoms with Crippen molar-refractivity contribution < 1.29 is 4.74 Å². The van der Waals surface area contributed by atoms with Gasteiger partial charge in [0.2, 0.25) is 0 Å². The van der Waals surface area contributed by atoms with Crippen LogP contribution in [0.2, 0.25) is 0 Å². The molecule has 1 aliphatic carbocycles. The molecule has 1 nitrogen and oxygen atoms in total. The van der Waals surface area contributed by atoms with Gasteiger partial charge in [-0.05, 0) is 43.6 Å². The molecule has 2 unspecified atom stereocenters. The van der Waals surface area contributed by atoms with Crippen molar-refractivity contribution in [1.29, 1.82) is 0 Å². The van der Waals surface area contributed by atoms with Crippen LogP contribution < -0.4 is 0 Å². The maximum atomic E-state index is 6.12. The summed E-state index contributed by atoms with van der Waals surface area (Å²) in [5, 5.41) is 0. The average molecular weight is 264 g/mol. The normalized spacial score (nSPS) is 30.2. The zero-order valence-electron chi connectivity index (χ0n) is 13.0. The first-order valence-corrected chi connectivity index (χ1v) is 8.68. The number of hydrogen-bond donors (Lipinski definition) is 0. The van der Waals surface area contributed by atoms with Gasteiger partial charge in [0.05, 0.1) is 12.4 Å². The van der Waals surface area contributed by atoms with Gasteiger partial charge in [-0.3, -0.25) is 0 Å². The van der Waals surface area contributed by atoms with Crippen LogP contribution in [0.15, 0.2) is 11.3 Å². The fraction of sp³-hybridized carbons (Fsp3) is 0.889. The summed E-state index contributed by atoms with van der Waals surface area (Å²) in [5.41, 5.74) is 1.71. The Morgan fingerprint density at radius 2 is 1.74 bits per heavy atom. The van der Waals surface area contributed by atoms with Gasteiger partial charge in [-0.25, -0.2) is 0 Å². The Kier molecular flexibility index (Phi) is 6.26. The molecule has 0 aromatic carbocycles. The third-order valence-electron chi connectivity index (χ3n) is 4.93. The minimum absolute atomic E-state index is 0.660. The van der Waals surface area contributed by atoms with Gasteiger partial charge in [0, 0.05) is 5.92 Å². The van der Waals surface area contributed by atoms with Crippen molar-refractivity contribution >= 4 is 0 Å². The molecule has 1 aliphatic heterocycles. The van der Waals surface area contributed by atoms with E-state index in [1.807, 2.05) is 0 Å². The van der Waals surface area contributed by atoms with Gasteiger partial charge < -0.3 is 4.74 Å². The molecule has 0 fully saturated rings. The molecule has 0 amide bonds. The zero-order chi connectivity index (χ0) is 13.5. The smallest absolute Gasteiger partial charge is 0.0982 e. The molecule has 0 saturated heterocycles. The second-order valence-corrected chi connectivity index (χ2v) is 6.57. The first kappa shape index (κ1) is 14.9. The number of ether oxygens (including phenoxy) is 1. The van der Waals surface area contributed by atoms with Crippen molar-refractivity contribution in [3.63, 3.8) is 0 Å². The fourth-order valence-electron chi connectivity index (χ4n) is 3.87. The number of rotatable bonds is 2. The summed E-state index contributed by atoms with van der Waals surface area (Å²) in [6.07, 6.45) is 15.1. The average Bonchev–Trinajstić information content (AvgIpc) is 2.47. The minimum atomic E-state index is 0.660. The monoisotopic (exact) mass is 264 g/mol. The fourth-order valence-corrected chi connectivity index (χ4v) is 3.87. The Labute approximate surface area is 119 Å². The molecule has 0 saturated carbocycles. The molecule has 110 valence electrons. The van der Waals surface area contributed by atoms with Crippen LogP contribution in [0.3, 0.4) is 0 Å². The summed E-state index contributed by atoms with van der Waals surface area (Å²) in [7, 11) is 0. The molecule has 0 bridgehead atoms. The highest BCUT2D eigenvalue weighted by Crippen LogP contribution is 2.37. The third-order valence-corrected chi connectivity index (χ3v) is 4.93. The largest absolute Gasteiger partial charge is 0.498 e. The second-order valence-electron chi connectivity index (χ2n) is 6.57. The van der Waals surface area contributed by atoms with Crippen LogP contribution >= 0.6 is 0 Å². The third kappa shape index (κ3) is 4.26. The maximum absolute atomic E-state index is 6.12. The molecule has 2 rings (SSSR count). The molecule has 1 heterocycles. The van der Waals surface area contributed by atoms with Gasteiger partial charge in [0.25, 0.3) is 0 Å². The number of allylic oxidation sites excluding steroid dienone is 2. The van der Waals surface area contributed by atoms with E-state index in [2.05, 4.69) is 13.8 Å². The SMILES string of the molecule is CCCC1CCCCCCCC(C)C2=C1CCCO2. The molecule has 0 radical (unpaired) electrons. The lowest BCUT2D eigenvalue weighted by molar-refractivity contribution is 0.146. The van der Waals surface area contributed by atoms with Crippen molar-refractivity contribution in [3.05, 3.63) is 11.3 Å². The van der Waals surface area contributed by atoms with Crippen LogP contribution in [-0.2, 0) is 4.74 Å². The van der Waals surface area contributed by atoms with Crippen molar-refractivity contribution in [2.75, 3.05) is 6.61 Å². The summed E-state index contributed by atoms with van der Waals surface area (Å²) >= 11 is 0. The van der Waals surface area contributed by atoms with Crippen molar-refractivity contribution in [3.8, 4) is 0 Å². The van der Waals surface area contributed by atoms with Gasteiger partial charge in [-0.2, -0.15) is 0 Å². The zero-order valence-corrected chi connectivity index (χ0v) is 13.0. The Bertz CT molecular complexity index is 292. The van der Waals surface area contributed by atoms with Crippen molar-refractivity contribution in [2.24, 2.45) is 11.8 Å². The van der Waals surface area contributed by atoms with Crippen molar-refractivity contribution in [2.45, 2.75) is 84.5 Å². The Hall–Kier alpha value is -0.460. The van der Waals surface area contributed by atoms with E-state index in [4.69, 9.17) is 4.74 Å². The van der Waals surface area contributed by atoms with E-state index in [0.29, 0.717) is 5.92 Å². The van der Waals surface area contributed by atoms with E-state index in [1.165, 1.54) is 76.4 Å². The summed E-state index contributed by atoms with van der Waals surface area (Å²) < 4.78 is 6.12. The highest BCUT2D eigenvalue weighted by Gasteiger charge is 2.25. The molecular formula is C18H32O. The van der Waals surface area contributed by atoms with E-state index in [9.17, 15) is 0 Å². The van der Waals surface area contributed by atoms with E-state index < -0.39 is 0 Å². The lowest BCUT2D eigenvalue weighted by Crippen LogP contribution is -2.18. The lowest BCUT2D eigenvalue weighted by atomic mass is 9.83. The summed E-state index contributed by atoms with van der Waals surface area (Å²) in [6, 6.07) is 0. The summed E-state index contributed by atoms with van der Waals surface area (Å²) in [6.45, 7) is 5.68. The van der Waals surface area contributed by atoms with Gasteiger partial charge in [-0.15, -0.1) is 0 Å². The van der Waals surface area contributed by atoms with Crippen LogP contribution in [0, 0.1) is 11.8 Å². The summed E-state index contributed by atoms with van der Waals surface area (Å²) in [5.74, 6) is 2.89. The van der Waals surface area contributed by atoms with Gasteiger partial charge >= 0.3 is 0 Å². The van der Waals surface area contributed by atoms with Crippen LogP contribution in [0.25, 0.3) is 0 Å². The van der Waals surface area contributed by atoms with E-state index >= 15 is 0 Å². The first-order valence-electron chi connectivity index (χ1n) is 8.68. The maximum Gasteiger partial charge on any atom is 0.0982 e. The summed E-state index contributed by atoms with van der Waals surface area (Å²) in [4.78, 5) is 0. The Morgan fingerprint density at radius 3 is 2.53 bits per heavy atom. The highest BCUT2D eigenvalue weighted by molar-refractivity contribution is 5.16. The number of hydrogen-bond acceptors (Lipinski definition) is 1. The highest BCUT2D eigenvalue weighted by atomic mass is 16.5. The molecule has 2 aliphatic rings. The molecule has 0 N–H and O–H groups in total. The van der Waals surface area contributed by atoms with Crippen LogP contribution in [0.1, 0.15) is 84.5 Å². The van der Waals surface area contributed by atoms with Crippen molar-refractivity contribution in [1.82, 2.24) is 0 Å². The van der Waals surface area contributed by atoms with E-state index in [1.54, 1.807) is 5.57 Å². The molecule has 0 aromatic rings. The van der Waals surface area contributed by atoms with Gasteiger partial charge in [0.1, 0.15) is 0 Å². The molecule has 19 heavy (non-hydrogen) atoms. The lowest BCUT2D eigenvalue weighted by Gasteiger charge is -2.30. The predicted molar refractivity (Wildman–Crippen MR) is 82.1 cm³/mol. The predicted octanol–water partition coefficient (Wildman–Crippen LogP) is 5.85. The quantitative estimate of drug-likeness (QED) is 0.608.